The van der Waals surface area contributed by atoms with Crippen molar-refractivity contribution < 1.29 is 14.7 Å². The van der Waals surface area contributed by atoms with E-state index in [2.05, 4.69) is 18.2 Å². The number of phenolic OH excluding ortho intramolecular Hbond substituents is 1. The van der Waals surface area contributed by atoms with Gasteiger partial charge in [-0.05, 0) is 65.3 Å². The second-order valence-corrected chi connectivity index (χ2v) is 8.35. The second-order valence-electron chi connectivity index (χ2n) is 8.35. The number of carbonyl (C=O) groups is 2. The quantitative estimate of drug-likeness (QED) is 0.577. The van der Waals surface area contributed by atoms with Crippen LogP contribution in [0.4, 0.5) is 0 Å². The van der Waals surface area contributed by atoms with Gasteiger partial charge in [-0.25, -0.2) is 0 Å². The summed E-state index contributed by atoms with van der Waals surface area (Å²) in [7, 11) is 0. The largest absolute Gasteiger partial charge is 0.508 e. The molecule has 5 nitrogen and oxygen atoms in total. The van der Waals surface area contributed by atoms with Crippen molar-refractivity contribution in [2.45, 2.75) is 31.2 Å². The fourth-order valence-electron chi connectivity index (χ4n) is 4.47. The van der Waals surface area contributed by atoms with Crippen molar-refractivity contribution in [1.82, 2.24) is 4.90 Å². The van der Waals surface area contributed by atoms with Gasteiger partial charge in [-0.15, -0.1) is 0 Å². The molecule has 0 spiro atoms. The van der Waals surface area contributed by atoms with Crippen molar-refractivity contribution in [2.75, 3.05) is 13.1 Å². The number of hydrogen-bond acceptors (Lipinski definition) is 4. The van der Waals surface area contributed by atoms with Crippen LogP contribution in [0.15, 0.2) is 72.8 Å². The van der Waals surface area contributed by atoms with Crippen LogP contribution in [-0.4, -0.2) is 35.3 Å². The van der Waals surface area contributed by atoms with Crippen LogP contribution in [0.25, 0.3) is 0 Å². The highest BCUT2D eigenvalue weighted by molar-refractivity contribution is 5.94. The minimum absolute atomic E-state index is 0.00337. The Hall–Kier alpha value is -3.44. The van der Waals surface area contributed by atoms with E-state index in [9.17, 15) is 14.7 Å². The molecule has 1 heterocycles. The predicted octanol–water partition coefficient (Wildman–Crippen LogP) is 4.20. The van der Waals surface area contributed by atoms with Crippen LogP contribution < -0.4 is 5.73 Å². The molecule has 0 radical (unpaired) electrons. The van der Waals surface area contributed by atoms with E-state index in [0.29, 0.717) is 31.1 Å². The van der Waals surface area contributed by atoms with Gasteiger partial charge < -0.3 is 20.5 Å². The molecule has 0 aromatic heterocycles. The second kappa shape index (κ2) is 9.79. The number of aromatic hydroxyl groups is 1. The topological polar surface area (TPSA) is 83.6 Å². The van der Waals surface area contributed by atoms with Crippen molar-refractivity contribution in [3.8, 4) is 5.75 Å². The smallest absolute Gasteiger partial charge is 0.253 e. The van der Waals surface area contributed by atoms with Crippen LogP contribution in [0.3, 0.4) is 0 Å². The fourth-order valence-corrected chi connectivity index (χ4v) is 4.47. The molecule has 0 saturated carbocycles. The van der Waals surface area contributed by atoms with E-state index in [1.54, 1.807) is 30.3 Å². The highest BCUT2D eigenvalue weighted by Gasteiger charge is 2.25. The highest BCUT2D eigenvalue weighted by atomic mass is 16.3. The molecule has 164 valence electrons. The third-order valence-corrected chi connectivity index (χ3v) is 6.32. The normalized spacial score (nSPS) is 15.3. The molecule has 1 atom stereocenters. The number of hydrogen-bond donors (Lipinski definition) is 2. The molecule has 1 unspecified atom stereocenters. The number of nitrogens with zero attached hydrogens (tertiary/aromatic N) is 1. The lowest BCUT2D eigenvalue weighted by molar-refractivity contribution is -0.108. The van der Waals surface area contributed by atoms with Crippen LogP contribution in [-0.2, 0) is 11.3 Å². The fraction of sp³-hybridized carbons (Fsp3) is 0.259. The van der Waals surface area contributed by atoms with E-state index < -0.39 is 5.92 Å². The summed E-state index contributed by atoms with van der Waals surface area (Å²) in [5.74, 6) is 0.103. The summed E-state index contributed by atoms with van der Waals surface area (Å²) in [6.45, 7) is 1.94. The number of benzene rings is 3. The molecule has 32 heavy (non-hydrogen) atoms. The molecule has 0 bridgehead atoms. The molecule has 1 aliphatic heterocycles. The summed E-state index contributed by atoms with van der Waals surface area (Å²) in [6, 6.07) is 22.3. The van der Waals surface area contributed by atoms with Gasteiger partial charge in [0.15, 0.2) is 0 Å². The maximum atomic E-state index is 13.2. The SMILES string of the molecule is NCc1cccc(C2CCN(C(=O)c3cccc(C(C=O)c4ccc(O)cc4)c3)CC2)c1. The molecule has 1 saturated heterocycles. The minimum Gasteiger partial charge on any atom is -0.508 e. The zero-order chi connectivity index (χ0) is 22.5. The Morgan fingerprint density at radius 3 is 2.41 bits per heavy atom. The molecule has 1 fully saturated rings. The predicted molar refractivity (Wildman–Crippen MR) is 125 cm³/mol. The van der Waals surface area contributed by atoms with E-state index >= 15 is 0 Å². The minimum atomic E-state index is -0.482. The number of rotatable bonds is 6. The van der Waals surface area contributed by atoms with E-state index in [0.717, 1.165) is 35.8 Å². The monoisotopic (exact) mass is 428 g/mol. The number of piperidine rings is 1. The number of phenols is 1. The Balaban J connectivity index is 1.46. The van der Waals surface area contributed by atoms with Crippen molar-refractivity contribution in [1.29, 1.82) is 0 Å². The van der Waals surface area contributed by atoms with Gasteiger partial charge in [0.25, 0.3) is 5.91 Å². The Bertz CT molecular complexity index is 1090. The van der Waals surface area contributed by atoms with Crippen LogP contribution in [0.2, 0.25) is 0 Å². The molecule has 0 aliphatic carbocycles. The van der Waals surface area contributed by atoms with Gasteiger partial charge in [-0.3, -0.25) is 4.79 Å². The van der Waals surface area contributed by atoms with Crippen LogP contribution >= 0.6 is 0 Å². The van der Waals surface area contributed by atoms with Gasteiger partial charge in [0.2, 0.25) is 0 Å². The van der Waals surface area contributed by atoms with Gasteiger partial charge in [0, 0.05) is 25.2 Å². The average Bonchev–Trinajstić information content (AvgIpc) is 2.85. The van der Waals surface area contributed by atoms with E-state index in [1.807, 2.05) is 29.2 Å². The van der Waals surface area contributed by atoms with Crippen molar-refractivity contribution in [2.24, 2.45) is 5.73 Å². The summed E-state index contributed by atoms with van der Waals surface area (Å²) in [4.78, 5) is 26.9. The maximum Gasteiger partial charge on any atom is 0.253 e. The Kier molecular flexibility index (Phi) is 6.66. The third-order valence-electron chi connectivity index (χ3n) is 6.32. The lowest BCUT2D eigenvalue weighted by atomic mass is 9.88. The van der Waals surface area contributed by atoms with Crippen molar-refractivity contribution >= 4 is 12.2 Å². The van der Waals surface area contributed by atoms with Gasteiger partial charge in [0.05, 0.1) is 5.92 Å². The first-order valence-electron chi connectivity index (χ1n) is 11.0. The van der Waals surface area contributed by atoms with Crippen molar-refractivity contribution in [3.05, 3.63) is 101 Å². The summed E-state index contributed by atoms with van der Waals surface area (Å²) in [5, 5.41) is 9.52. The van der Waals surface area contributed by atoms with Gasteiger partial charge in [-0.2, -0.15) is 0 Å². The number of likely N-dealkylation sites (tertiary alicyclic amines) is 1. The Labute approximate surface area is 188 Å². The highest BCUT2D eigenvalue weighted by Crippen LogP contribution is 2.30. The third kappa shape index (κ3) is 4.73. The molecule has 1 amide bonds. The summed E-state index contributed by atoms with van der Waals surface area (Å²) < 4.78 is 0. The molecule has 1 aliphatic rings. The number of aldehydes is 1. The van der Waals surface area contributed by atoms with E-state index in [1.165, 1.54) is 5.56 Å². The molecule has 4 rings (SSSR count). The zero-order valence-corrected chi connectivity index (χ0v) is 18.0. The van der Waals surface area contributed by atoms with Gasteiger partial charge in [-0.1, -0.05) is 48.5 Å². The summed E-state index contributed by atoms with van der Waals surface area (Å²) >= 11 is 0. The standard InChI is InChI=1S/C27H28N2O3/c28-17-19-3-1-4-22(15-19)20-11-13-29(14-12-20)27(32)24-6-2-5-23(16-24)26(18-30)21-7-9-25(31)10-8-21/h1-10,15-16,18,20,26,31H,11-14,17,28H2. The van der Waals surface area contributed by atoms with Crippen LogP contribution in [0, 0.1) is 0 Å². The van der Waals surface area contributed by atoms with Gasteiger partial charge >= 0.3 is 0 Å². The molecular formula is C27H28N2O3. The lowest BCUT2D eigenvalue weighted by Crippen LogP contribution is -2.38. The molecule has 3 aromatic rings. The van der Waals surface area contributed by atoms with Crippen molar-refractivity contribution in [3.63, 3.8) is 0 Å². The van der Waals surface area contributed by atoms with E-state index in [4.69, 9.17) is 5.73 Å². The number of amides is 1. The first-order chi connectivity index (χ1) is 15.6. The lowest BCUT2D eigenvalue weighted by Gasteiger charge is -2.32. The van der Waals surface area contributed by atoms with Crippen LogP contribution in [0.1, 0.15) is 57.3 Å². The maximum absolute atomic E-state index is 13.2. The summed E-state index contributed by atoms with van der Waals surface area (Å²) in [6.07, 6.45) is 2.71. The first-order valence-corrected chi connectivity index (χ1v) is 11.0. The molecule has 3 N–H and O–H groups in total. The summed E-state index contributed by atoms with van der Waals surface area (Å²) in [5.41, 5.74) is 10.4. The molecule has 5 heteroatoms. The van der Waals surface area contributed by atoms with E-state index in [-0.39, 0.29) is 11.7 Å². The number of carbonyl (C=O) groups excluding carboxylic acids is 2. The first kappa shape index (κ1) is 21.8. The average molecular weight is 429 g/mol. The molecule has 3 aromatic carbocycles. The van der Waals surface area contributed by atoms with Crippen LogP contribution in [0.5, 0.6) is 5.75 Å². The molecular weight excluding hydrogens is 400 g/mol. The Morgan fingerprint density at radius 2 is 1.72 bits per heavy atom. The zero-order valence-electron chi connectivity index (χ0n) is 18.0. The Morgan fingerprint density at radius 1 is 1.00 bits per heavy atom. The van der Waals surface area contributed by atoms with Gasteiger partial charge in [0.1, 0.15) is 12.0 Å². The number of nitrogens with two attached hydrogens (primary N) is 1.